The molecule has 0 unspecified atom stereocenters. The minimum absolute atomic E-state index is 0.522. The molecule has 2 rings (SSSR count). The van der Waals surface area contributed by atoms with Crippen LogP contribution in [0.25, 0.3) is 11.3 Å². The summed E-state index contributed by atoms with van der Waals surface area (Å²) in [4.78, 5) is 1.25. The first-order valence-corrected chi connectivity index (χ1v) is 5.47. The molecule has 0 aliphatic heterocycles. The molecule has 0 aliphatic carbocycles. The summed E-state index contributed by atoms with van der Waals surface area (Å²) in [7, 11) is 0. The molecule has 0 saturated carbocycles. The number of anilines is 1. The van der Waals surface area contributed by atoms with Gasteiger partial charge in [0.25, 0.3) is 0 Å². The lowest BCUT2D eigenvalue weighted by atomic mass is 10.1. The van der Waals surface area contributed by atoms with Crippen molar-refractivity contribution in [2.45, 2.75) is 4.90 Å². The highest BCUT2D eigenvalue weighted by atomic mass is 32.2. The van der Waals surface area contributed by atoms with Crippen LogP contribution in [0.4, 0.5) is 5.82 Å². The zero-order chi connectivity index (χ0) is 9.97. The first-order valence-electron chi connectivity index (χ1n) is 4.25. The molecule has 0 bridgehead atoms. The lowest BCUT2D eigenvalue weighted by Gasteiger charge is -1.98. The SMILES string of the molecule is CSc1ccc(-c2cc(N)n[nH]2)cc1. The summed E-state index contributed by atoms with van der Waals surface area (Å²) in [5, 5.41) is 6.76. The molecule has 14 heavy (non-hydrogen) atoms. The Morgan fingerprint density at radius 3 is 2.50 bits per heavy atom. The molecule has 0 fully saturated rings. The third kappa shape index (κ3) is 1.75. The summed E-state index contributed by atoms with van der Waals surface area (Å²) in [6.07, 6.45) is 2.06. The van der Waals surface area contributed by atoms with E-state index in [9.17, 15) is 0 Å². The van der Waals surface area contributed by atoms with E-state index < -0.39 is 0 Å². The van der Waals surface area contributed by atoms with Crippen molar-refractivity contribution in [2.75, 3.05) is 12.0 Å². The van der Waals surface area contributed by atoms with Crippen LogP contribution in [0.2, 0.25) is 0 Å². The topological polar surface area (TPSA) is 54.7 Å². The minimum Gasteiger partial charge on any atom is -0.382 e. The Labute approximate surface area is 86.7 Å². The summed E-state index contributed by atoms with van der Waals surface area (Å²) >= 11 is 1.73. The van der Waals surface area contributed by atoms with Crippen LogP contribution in [-0.2, 0) is 0 Å². The molecular formula is C10H11N3S. The second-order valence-corrected chi connectivity index (χ2v) is 3.81. The first kappa shape index (κ1) is 9.15. The zero-order valence-electron chi connectivity index (χ0n) is 7.82. The Morgan fingerprint density at radius 1 is 1.29 bits per heavy atom. The van der Waals surface area contributed by atoms with Gasteiger partial charge in [0.05, 0.1) is 5.69 Å². The lowest BCUT2D eigenvalue weighted by molar-refractivity contribution is 1.10. The van der Waals surface area contributed by atoms with Crippen molar-refractivity contribution in [1.82, 2.24) is 10.2 Å². The van der Waals surface area contributed by atoms with Gasteiger partial charge in [-0.25, -0.2) is 0 Å². The van der Waals surface area contributed by atoms with Crippen LogP contribution in [0.1, 0.15) is 0 Å². The largest absolute Gasteiger partial charge is 0.382 e. The van der Waals surface area contributed by atoms with E-state index in [4.69, 9.17) is 5.73 Å². The second-order valence-electron chi connectivity index (χ2n) is 2.93. The van der Waals surface area contributed by atoms with Crippen LogP contribution >= 0.6 is 11.8 Å². The number of H-pyrrole nitrogens is 1. The van der Waals surface area contributed by atoms with Crippen molar-refractivity contribution in [1.29, 1.82) is 0 Å². The number of aromatic nitrogens is 2. The molecule has 0 amide bonds. The fourth-order valence-electron chi connectivity index (χ4n) is 1.26. The monoisotopic (exact) mass is 205 g/mol. The summed E-state index contributed by atoms with van der Waals surface area (Å²) in [6, 6.07) is 10.1. The number of thioether (sulfide) groups is 1. The van der Waals surface area contributed by atoms with Gasteiger partial charge < -0.3 is 5.73 Å². The molecule has 0 radical (unpaired) electrons. The van der Waals surface area contributed by atoms with E-state index in [1.807, 2.05) is 6.07 Å². The predicted molar refractivity (Wildman–Crippen MR) is 60.2 cm³/mol. The number of hydrogen-bond donors (Lipinski definition) is 2. The molecule has 72 valence electrons. The van der Waals surface area contributed by atoms with E-state index in [2.05, 4.69) is 40.7 Å². The average Bonchev–Trinajstić information content (AvgIpc) is 2.65. The maximum absolute atomic E-state index is 5.53. The van der Waals surface area contributed by atoms with Gasteiger partial charge in [-0.05, 0) is 24.0 Å². The lowest BCUT2D eigenvalue weighted by Crippen LogP contribution is -1.81. The quantitative estimate of drug-likeness (QED) is 0.740. The third-order valence-electron chi connectivity index (χ3n) is 2.00. The van der Waals surface area contributed by atoms with Crippen LogP contribution in [0.15, 0.2) is 35.2 Å². The molecule has 0 atom stereocenters. The first-order chi connectivity index (χ1) is 6.79. The van der Waals surface area contributed by atoms with Gasteiger partial charge in [0, 0.05) is 11.0 Å². The van der Waals surface area contributed by atoms with E-state index in [1.54, 1.807) is 11.8 Å². The number of hydrogen-bond acceptors (Lipinski definition) is 3. The summed E-state index contributed by atoms with van der Waals surface area (Å²) in [5.74, 6) is 0.522. The number of benzene rings is 1. The van der Waals surface area contributed by atoms with Gasteiger partial charge in [-0.3, -0.25) is 5.10 Å². The molecule has 3 N–H and O–H groups in total. The Bertz CT molecular complexity index is 419. The van der Waals surface area contributed by atoms with Crippen molar-refractivity contribution in [3.63, 3.8) is 0 Å². The number of nitrogen functional groups attached to an aromatic ring is 1. The number of nitrogens with two attached hydrogens (primary N) is 1. The van der Waals surface area contributed by atoms with E-state index in [1.165, 1.54) is 4.90 Å². The van der Waals surface area contributed by atoms with Crippen molar-refractivity contribution in [3.8, 4) is 11.3 Å². The van der Waals surface area contributed by atoms with Crippen LogP contribution in [0.3, 0.4) is 0 Å². The fraction of sp³-hybridized carbons (Fsp3) is 0.100. The Balaban J connectivity index is 2.33. The zero-order valence-corrected chi connectivity index (χ0v) is 8.64. The van der Waals surface area contributed by atoms with E-state index in [0.717, 1.165) is 11.3 Å². The molecule has 1 aromatic carbocycles. The molecule has 4 heteroatoms. The third-order valence-corrected chi connectivity index (χ3v) is 2.74. The van der Waals surface area contributed by atoms with E-state index in [0.29, 0.717) is 5.82 Å². The standard InChI is InChI=1S/C10H11N3S/c1-14-8-4-2-7(3-5-8)9-6-10(11)13-12-9/h2-6H,1H3,(H3,11,12,13). The Morgan fingerprint density at radius 2 is 2.00 bits per heavy atom. The van der Waals surface area contributed by atoms with Crippen LogP contribution < -0.4 is 5.73 Å². The smallest absolute Gasteiger partial charge is 0.145 e. The number of rotatable bonds is 2. The highest BCUT2D eigenvalue weighted by Gasteiger charge is 2.00. The molecule has 0 spiro atoms. The van der Waals surface area contributed by atoms with Crippen molar-refractivity contribution in [2.24, 2.45) is 0 Å². The van der Waals surface area contributed by atoms with Crippen LogP contribution in [-0.4, -0.2) is 16.5 Å². The van der Waals surface area contributed by atoms with Gasteiger partial charge in [-0.1, -0.05) is 12.1 Å². The summed E-state index contributed by atoms with van der Waals surface area (Å²) < 4.78 is 0. The highest BCUT2D eigenvalue weighted by molar-refractivity contribution is 7.98. The molecule has 1 aromatic heterocycles. The van der Waals surface area contributed by atoms with Gasteiger partial charge in [-0.15, -0.1) is 11.8 Å². The highest BCUT2D eigenvalue weighted by Crippen LogP contribution is 2.22. The van der Waals surface area contributed by atoms with Gasteiger partial charge >= 0.3 is 0 Å². The maximum Gasteiger partial charge on any atom is 0.145 e. The molecule has 0 aliphatic rings. The van der Waals surface area contributed by atoms with Gasteiger partial charge in [0.1, 0.15) is 5.82 Å². The molecule has 2 aromatic rings. The molecular weight excluding hydrogens is 194 g/mol. The maximum atomic E-state index is 5.53. The predicted octanol–water partition coefficient (Wildman–Crippen LogP) is 2.38. The van der Waals surface area contributed by atoms with Crippen LogP contribution in [0.5, 0.6) is 0 Å². The average molecular weight is 205 g/mol. The molecule has 0 saturated heterocycles. The van der Waals surface area contributed by atoms with Gasteiger partial charge in [0.15, 0.2) is 0 Å². The normalized spacial score (nSPS) is 10.4. The van der Waals surface area contributed by atoms with Crippen LogP contribution in [0, 0.1) is 0 Å². The number of nitrogens with zero attached hydrogens (tertiary/aromatic N) is 1. The fourth-order valence-corrected chi connectivity index (χ4v) is 1.66. The summed E-state index contributed by atoms with van der Waals surface area (Å²) in [5.41, 5.74) is 7.58. The van der Waals surface area contributed by atoms with E-state index >= 15 is 0 Å². The Kier molecular flexibility index (Phi) is 2.45. The van der Waals surface area contributed by atoms with Crippen molar-refractivity contribution in [3.05, 3.63) is 30.3 Å². The molecule has 1 heterocycles. The number of aromatic amines is 1. The minimum atomic E-state index is 0.522. The van der Waals surface area contributed by atoms with Crippen molar-refractivity contribution < 1.29 is 0 Å². The van der Waals surface area contributed by atoms with Gasteiger partial charge in [0.2, 0.25) is 0 Å². The molecule has 3 nitrogen and oxygen atoms in total. The van der Waals surface area contributed by atoms with Crippen molar-refractivity contribution >= 4 is 17.6 Å². The Hall–Kier alpha value is -1.42. The number of nitrogens with one attached hydrogen (secondary N) is 1. The second kappa shape index (κ2) is 3.75. The summed E-state index contributed by atoms with van der Waals surface area (Å²) in [6.45, 7) is 0. The van der Waals surface area contributed by atoms with E-state index in [-0.39, 0.29) is 0 Å². The van der Waals surface area contributed by atoms with Gasteiger partial charge in [-0.2, -0.15) is 5.10 Å².